The molecule has 0 saturated carbocycles. The average molecular weight is 337 g/mol. The van der Waals surface area contributed by atoms with Gasteiger partial charge in [-0.1, -0.05) is 27.7 Å². The minimum Gasteiger partial charge on any atom is -0.341 e. The number of rotatable bonds is 7. The van der Waals surface area contributed by atoms with Gasteiger partial charge in [0.05, 0.1) is 5.69 Å². The molecule has 0 spiro atoms. The second-order valence-electron chi connectivity index (χ2n) is 7.37. The zero-order chi connectivity index (χ0) is 18.5. The summed E-state index contributed by atoms with van der Waals surface area (Å²) in [5.74, 6) is -0.960. The van der Waals surface area contributed by atoms with Gasteiger partial charge in [0.2, 0.25) is 5.91 Å². The fraction of sp³-hybridized carbons (Fsp3) is 0.556. The molecule has 1 aromatic carbocycles. The van der Waals surface area contributed by atoms with Crippen LogP contribution in [0.3, 0.4) is 0 Å². The van der Waals surface area contributed by atoms with Crippen LogP contribution in [-0.2, 0) is 4.79 Å². The highest BCUT2D eigenvalue weighted by Gasteiger charge is 2.22. The van der Waals surface area contributed by atoms with Crippen molar-refractivity contribution in [1.29, 1.82) is 0 Å². The summed E-state index contributed by atoms with van der Waals surface area (Å²) in [7, 11) is 1.66. The molecule has 6 heteroatoms. The number of hydrogen-bond acceptors (Lipinski definition) is 3. The maximum atomic E-state index is 14.2. The van der Waals surface area contributed by atoms with Crippen molar-refractivity contribution in [2.24, 2.45) is 17.1 Å². The number of nitrogens with two attached hydrogens (primary N) is 1. The zero-order valence-corrected chi connectivity index (χ0v) is 15.1. The number of carbonyl (C=O) groups excluding carboxylic acids is 2. The molecule has 0 aliphatic carbocycles. The quantitative estimate of drug-likeness (QED) is 0.803. The van der Waals surface area contributed by atoms with E-state index in [-0.39, 0.29) is 34.4 Å². The molecule has 0 radical (unpaired) electrons. The van der Waals surface area contributed by atoms with E-state index in [1.165, 1.54) is 17.0 Å². The molecular formula is C18H28FN3O2. The average Bonchev–Trinajstić information content (AvgIpc) is 2.47. The van der Waals surface area contributed by atoms with Crippen molar-refractivity contribution in [3.8, 4) is 0 Å². The van der Waals surface area contributed by atoms with E-state index in [4.69, 9.17) is 5.73 Å². The molecule has 5 nitrogen and oxygen atoms in total. The Balaban J connectivity index is 2.83. The van der Waals surface area contributed by atoms with Crippen molar-refractivity contribution in [1.82, 2.24) is 4.90 Å². The van der Waals surface area contributed by atoms with Gasteiger partial charge in [0.25, 0.3) is 5.91 Å². The van der Waals surface area contributed by atoms with Crippen LogP contribution in [0, 0.1) is 17.2 Å². The van der Waals surface area contributed by atoms with E-state index in [1.54, 1.807) is 7.05 Å². The SMILES string of the molecule is CC(C)CC(=O)Nc1ccc(C(=O)N(C)CC(C)(C)CN)cc1F. The maximum Gasteiger partial charge on any atom is 0.253 e. The highest BCUT2D eigenvalue weighted by Crippen LogP contribution is 2.20. The van der Waals surface area contributed by atoms with Crippen LogP contribution in [0.4, 0.5) is 10.1 Å². The van der Waals surface area contributed by atoms with Crippen molar-refractivity contribution in [3.05, 3.63) is 29.6 Å². The molecule has 0 aromatic heterocycles. The third-order valence-corrected chi connectivity index (χ3v) is 3.65. The molecule has 0 aliphatic rings. The van der Waals surface area contributed by atoms with E-state index in [2.05, 4.69) is 5.32 Å². The second kappa shape index (κ2) is 8.24. The lowest BCUT2D eigenvalue weighted by molar-refractivity contribution is -0.116. The molecule has 0 saturated heterocycles. The number of nitrogens with zero attached hydrogens (tertiary/aromatic N) is 1. The number of amides is 2. The fourth-order valence-electron chi connectivity index (χ4n) is 2.32. The van der Waals surface area contributed by atoms with Gasteiger partial charge >= 0.3 is 0 Å². The van der Waals surface area contributed by atoms with Crippen molar-refractivity contribution in [3.63, 3.8) is 0 Å². The highest BCUT2D eigenvalue weighted by molar-refractivity contribution is 5.95. The maximum absolute atomic E-state index is 14.2. The number of nitrogens with one attached hydrogen (secondary N) is 1. The summed E-state index contributed by atoms with van der Waals surface area (Å²) in [6, 6.07) is 4.09. The number of hydrogen-bond donors (Lipinski definition) is 2. The molecule has 1 rings (SSSR count). The first-order chi connectivity index (χ1) is 11.1. The summed E-state index contributed by atoms with van der Waals surface area (Å²) in [4.78, 5) is 25.7. The zero-order valence-electron chi connectivity index (χ0n) is 15.1. The predicted octanol–water partition coefficient (Wildman–Crippen LogP) is 2.87. The topological polar surface area (TPSA) is 75.4 Å². The van der Waals surface area contributed by atoms with E-state index in [0.29, 0.717) is 19.5 Å². The standard InChI is InChI=1S/C18H28FN3O2/c1-12(2)8-16(23)21-15-7-6-13(9-14(15)19)17(24)22(5)11-18(3,4)10-20/h6-7,9,12H,8,10-11,20H2,1-5H3,(H,21,23). The third kappa shape index (κ3) is 5.92. The third-order valence-electron chi connectivity index (χ3n) is 3.65. The van der Waals surface area contributed by atoms with Gasteiger partial charge in [0.15, 0.2) is 0 Å². The van der Waals surface area contributed by atoms with Gasteiger partial charge < -0.3 is 16.0 Å². The Labute approximate surface area is 143 Å². The molecule has 0 unspecified atom stereocenters. The minimum absolute atomic E-state index is 0.0853. The summed E-state index contributed by atoms with van der Waals surface area (Å²) in [5, 5.41) is 2.53. The largest absolute Gasteiger partial charge is 0.341 e. The molecular weight excluding hydrogens is 309 g/mol. The molecule has 0 fully saturated rings. The van der Waals surface area contributed by atoms with E-state index >= 15 is 0 Å². The molecule has 0 heterocycles. The number of carbonyl (C=O) groups is 2. The molecule has 1 aromatic rings. The van der Waals surface area contributed by atoms with Gasteiger partial charge in [-0.15, -0.1) is 0 Å². The molecule has 0 atom stereocenters. The predicted molar refractivity (Wildman–Crippen MR) is 94.3 cm³/mol. The van der Waals surface area contributed by atoms with Crippen molar-refractivity contribution in [2.45, 2.75) is 34.1 Å². The highest BCUT2D eigenvalue weighted by atomic mass is 19.1. The lowest BCUT2D eigenvalue weighted by Gasteiger charge is -2.29. The first-order valence-electron chi connectivity index (χ1n) is 8.10. The monoisotopic (exact) mass is 337 g/mol. The van der Waals surface area contributed by atoms with E-state index in [1.807, 2.05) is 27.7 Å². The summed E-state index contributed by atoms with van der Waals surface area (Å²) < 4.78 is 14.2. The first kappa shape index (κ1) is 20.1. The van der Waals surface area contributed by atoms with Crippen LogP contribution in [0.15, 0.2) is 18.2 Å². The van der Waals surface area contributed by atoms with E-state index in [9.17, 15) is 14.0 Å². The molecule has 0 aliphatic heterocycles. The molecule has 0 bridgehead atoms. The van der Waals surface area contributed by atoms with Crippen LogP contribution in [0.25, 0.3) is 0 Å². The van der Waals surface area contributed by atoms with Crippen LogP contribution in [-0.4, -0.2) is 36.9 Å². The van der Waals surface area contributed by atoms with E-state index < -0.39 is 5.82 Å². The summed E-state index contributed by atoms with van der Waals surface area (Å²) in [6.45, 7) is 8.67. The Hall–Kier alpha value is -1.95. The van der Waals surface area contributed by atoms with Gasteiger partial charge in [-0.25, -0.2) is 4.39 Å². The number of anilines is 1. The van der Waals surface area contributed by atoms with Crippen LogP contribution >= 0.6 is 0 Å². The van der Waals surface area contributed by atoms with E-state index in [0.717, 1.165) is 6.07 Å². The Kier molecular flexibility index (Phi) is 6.90. The summed E-state index contributed by atoms with van der Waals surface area (Å²) in [5.41, 5.74) is 5.79. The van der Waals surface area contributed by atoms with Gasteiger partial charge in [0.1, 0.15) is 5.82 Å². The summed E-state index contributed by atoms with van der Waals surface area (Å²) >= 11 is 0. The van der Waals surface area contributed by atoms with Crippen molar-refractivity contribution < 1.29 is 14.0 Å². The lowest BCUT2D eigenvalue weighted by Crippen LogP contribution is -2.39. The minimum atomic E-state index is -0.621. The second-order valence-corrected chi connectivity index (χ2v) is 7.37. The van der Waals surface area contributed by atoms with Crippen LogP contribution < -0.4 is 11.1 Å². The Morgan fingerprint density at radius 3 is 2.46 bits per heavy atom. The number of halogens is 1. The van der Waals surface area contributed by atoms with Crippen molar-refractivity contribution in [2.75, 3.05) is 25.5 Å². The Morgan fingerprint density at radius 1 is 1.33 bits per heavy atom. The Bertz CT molecular complexity index is 600. The van der Waals surface area contributed by atoms with Gasteiger partial charge in [0, 0.05) is 25.6 Å². The Morgan fingerprint density at radius 2 is 1.96 bits per heavy atom. The molecule has 3 N–H and O–H groups in total. The first-order valence-corrected chi connectivity index (χ1v) is 8.10. The van der Waals surface area contributed by atoms with Crippen LogP contribution in [0.1, 0.15) is 44.5 Å². The molecule has 134 valence electrons. The van der Waals surface area contributed by atoms with Gasteiger partial charge in [-0.3, -0.25) is 9.59 Å². The molecule has 24 heavy (non-hydrogen) atoms. The van der Waals surface area contributed by atoms with Gasteiger partial charge in [-0.05, 0) is 36.1 Å². The lowest BCUT2D eigenvalue weighted by atomic mass is 9.93. The van der Waals surface area contributed by atoms with Crippen LogP contribution in [0.2, 0.25) is 0 Å². The fourth-order valence-corrected chi connectivity index (χ4v) is 2.32. The number of benzene rings is 1. The van der Waals surface area contributed by atoms with Crippen LogP contribution in [0.5, 0.6) is 0 Å². The van der Waals surface area contributed by atoms with Gasteiger partial charge in [-0.2, -0.15) is 0 Å². The smallest absolute Gasteiger partial charge is 0.253 e. The molecule has 2 amide bonds. The summed E-state index contributed by atoms with van der Waals surface area (Å²) in [6.07, 6.45) is 0.316. The van der Waals surface area contributed by atoms with Crippen molar-refractivity contribution >= 4 is 17.5 Å². The normalized spacial score (nSPS) is 11.5.